The van der Waals surface area contributed by atoms with Crippen molar-refractivity contribution < 1.29 is 13.2 Å². The van der Waals surface area contributed by atoms with Gasteiger partial charge in [0.1, 0.15) is 0 Å². The van der Waals surface area contributed by atoms with Crippen LogP contribution in [0.5, 0.6) is 0 Å². The van der Waals surface area contributed by atoms with Gasteiger partial charge in [-0.25, -0.2) is 13.1 Å². The summed E-state index contributed by atoms with van der Waals surface area (Å²) in [7, 11) is -3.09. The molecule has 1 N–H and O–H groups in total. The Morgan fingerprint density at radius 2 is 2.33 bits per heavy atom. The smallest absolute Gasteiger partial charge is 0.208 e. The number of ether oxygens (including phenoxy) is 1. The van der Waals surface area contributed by atoms with Gasteiger partial charge in [-0.1, -0.05) is 6.07 Å². The average Bonchev–Trinajstić information content (AvgIpc) is 2.88. The van der Waals surface area contributed by atoms with Gasteiger partial charge in [-0.15, -0.1) is 11.3 Å². The first-order valence-electron chi connectivity index (χ1n) is 7.27. The van der Waals surface area contributed by atoms with E-state index in [4.69, 9.17) is 4.74 Å². The van der Waals surface area contributed by atoms with Crippen LogP contribution in [0.4, 0.5) is 0 Å². The third-order valence-electron chi connectivity index (χ3n) is 4.25. The second-order valence-corrected chi connectivity index (χ2v) is 9.11. The summed E-state index contributed by atoms with van der Waals surface area (Å²) in [6.07, 6.45) is 3.27. The van der Waals surface area contributed by atoms with Crippen LogP contribution >= 0.6 is 11.3 Å². The van der Waals surface area contributed by atoms with Crippen molar-refractivity contribution in [2.24, 2.45) is 5.92 Å². The van der Waals surface area contributed by atoms with Gasteiger partial charge in [-0.3, -0.25) is 4.90 Å². The quantitative estimate of drug-likeness (QED) is 0.883. The molecule has 0 saturated carbocycles. The third-order valence-corrected chi connectivity index (χ3v) is 5.80. The molecule has 3 heterocycles. The van der Waals surface area contributed by atoms with Crippen molar-refractivity contribution in [3.63, 3.8) is 0 Å². The molecule has 0 unspecified atom stereocenters. The molecule has 0 aromatic carbocycles. The van der Waals surface area contributed by atoms with Crippen LogP contribution in [0.15, 0.2) is 17.5 Å². The Morgan fingerprint density at radius 1 is 1.52 bits per heavy atom. The molecule has 2 aliphatic heterocycles. The minimum Gasteiger partial charge on any atom is -0.372 e. The third kappa shape index (κ3) is 4.04. The van der Waals surface area contributed by atoms with Crippen LogP contribution in [0, 0.1) is 5.92 Å². The molecular formula is C14H22N2O3S2. The lowest BCUT2D eigenvalue weighted by molar-refractivity contribution is -0.180. The predicted octanol–water partition coefficient (Wildman–Crippen LogP) is 1.28. The van der Waals surface area contributed by atoms with Crippen LogP contribution in [-0.2, 0) is 21.3 Å². The van der Waals surface area contributed by atoms with E-state index in [0.29, 0.717) is 19.1 Å². The van der Waals surface area contributed by atoms with Gasteiger partial charge in [0, 0.05) is 31.1 Å². The molecule has 0 amide bonds. The molecular weight excluding hydrogens is 308 g/mol. The van der Waals surface area contributed by atoms with Gasteiger partial charge < -0.3 is 4.74 Å². The first kappa shape index (κ1) is 15.4. The maximum absolute atomic E-state index is 11.1. The molecule has 1 atom stereocenters. The first-order valence-corrected chi connectivity index (χ1v) is 10.0. The highest BCUT2D eigenvalue weighted by molar-refractivity contribution is 7.88. The van der Waals surface area contributed by atoms with Crippen molar-refractivity contribution in [3.8, 4) is 0 Å². The Kier molecular flexibility index (Phi) is 4.38. The fraction of sp³-hybridized carbons (Fsp3) is 0.714. The van der Waals surface area contributed by atoms with Crippen LogP contribution in [0.1, 0.15) is 17.7 Å². The highest BCUT2D eigenvalue weighted by atomic mass is 32.2. The molecule has 1 spiro atoms. The fourth-order valence-corrected chi connectivity index (χ4v) is 4.38. The minimum absolute atomic E-state index is 0.0266. The molecule has 0 aliphatic carbocycles. The van der Waals surface area contributed by atoms with E-state index in [1.807, 2.05) is 0 Å². The number of hydrogen-bond acceptors (Lipinski definition) is 5. The molecule has 7 heteroatoms. The van der Waals surface area contributed by atoms with Gasteiger partial charge in [0.2, 0.25) is 10.0 Å². The van der Waals surface area contributed by atoms with Crippen molar-refractivity contribution in [1.82, 2.24) is 9.62 Å². The summed E-state index contributed by atoms with van der Waals surface area (Å²) in [5, 5.41) is 2.11. The van der Waals surface area contributed by atoms with Crippen LogP contribution < -0.4 is 4.72 Å². The average molecular weight is 330 g/mol. The summed E-state index contributed by atoms with van der Waals surface area (Å²) in [5.74, 6) is 0.302. The number of sulfonamides is 1. The normalized spacial score (nSPS) is 25.9. The molecule has 2 saturated heterocycles. The fourth-order valence-electron chi connectivity index (χ4n) is 3.10. The highest BCUT2D eigenvalue weighted by Gasteiger charge is 2.46. The summed E-state index contributed by atoms with van der Waals surface area (Å²) in [6, 6.07) is 4.26. The summed E-state index contributed by atoms with van der Waals surface area (Å²) >= 11 is 1.80. The van der Waals surface area contributed by atoms with Crippen LogP contribution in [0.2, 0.25) is 0 Å². The Balaban J connectivity index is 1.41. The number of likely N-dealkylation sites (tertiary alicyclic amines) is 1. The number of rotatable bonds is 5. The molecule has 21 heavy (non-hydrogen) atoms. The molecule has 118 valence electrons. The van der Waals surface area contributed by atoms with Gasteiger partial charge in [-0.2, -0.15) is 0 Å². The van der Waals surface area contributed by atoms with Crippen molar-refractivity contribution in [2.75, 3.05) is 32.5 Å². The molecule has 1 aromatic rings. The molecule has 2 fully saturated rings. The summed E-state index contributed by atoms with van der Waals surface area (Å²) in [4.78, 5) is 3.82. The zero-order chi connectivity index (χ0) is 14.9. The van der Waals surface area contributed by atoms with Gasteiger partial charge in [-0.05, 0) is 30.2 Å². The topological polar surface area (TPSA) is 58.6 Å². The van der Waals surface area contributed by atoms with E-state index in [1.54, 1.807) is 11.3 Å². The summed E-state index contributed by atoms with van der Waals surface area (Å²) < 4.78 is 30.8. The maximum Gasteiger partial charge on any atom is 0.208 e. The molecule has 0 radical (unpaired) electrons. The largest absolute Gasteiger partial charge is 0.372 e. The zero-order valence-electron chi connectivity index (χ0n) is 12.2. The van der Waals surface area contributed by atoms with Gasteiger partial charge in [0.15, 0.2) is 0 Å². The Morgan fingerprint density at radius 3 is 2.90 bits per heavy atom. The zero-order valence-corrected chi connectivity index (χ0v) is 13.9. The summed E-state index contributed by atoms with van der Waals surface area (Å²) in [5.41, 5.74) is 0.0266. The lowest BCUT2D eigenvalue weighted by Crippen LogP contribution is -2.64. The van der Waals surface area contributed by atoms with E-state index in [0.717, 1.165) is 32.5 Å². The molecule has 5 nitrogen and oxygen atoms in total. The lowest BCUT2D eigenvalue weighted by atomic mass is 9.83. The number of thiophene rings is 1. The van der Waals surface area contributed by atoms with E-state index in [-0.39, 0.29) is 5.60 Å². The first-order chi connectivity index (χ1) is 9.94. The number of nitrogens with one attached hydrogen (secondary N) is 1. The number of hydrogen-bond donors (Lipinski definition) is 1. The second kappa shape index (κ2) is 5.96. The summed E-state index contributed by atoms with van der Waals surface area (Å²) in [6.45, 7) is 4.17. The monoisotopic (exact) mass is 330 g/mol. The van der Waals surface area contributed by atoms with Crippen LogP contribution in [0.3, 0.4) is 0 Å². The van der Waals surface area contributed by atoms with Gasteiger partial charge in [0.05, 0.1) is 18.5 Å². The highest BCUT2D eigenvalue weighted by Crippen LogP contribution is 2.36. The lowest BCUT2D eigenvalue weighted by Gasteiger charge is -2.52. The van der Waals surface area contributed by atoms with Crippen molar-refractivity contribution in [3.05, 3.63) is 22.4 Å². The maximum atomic E-state index is 11.1. The van der Waals surface area contributed by atoms with Crippen molar-refractivity contribution in [2.45, 2.75) is 25.0 Å². The van der Waals surface area contributed by atoms with Crippen molar-refractivity contribution >= 4 is 21.4 Å². The molecule has 1 aromatic heterocycles. The molecule has 3 rings (SSSR count). The van der Waals surface area contributed by atoms with E-state index < -0.39 is 10.0 Å². The number of nitrogens with zero attached hydrogens (tertiary/aromatic N) is 1. The van der Waals surface area contributed by atoms with Crippen LogP contribution in [0.25, 0.3) is 0 Å². The predicted molar refractivity (Wildman–Crippen MR) is 83.8 cm³/mol. The second-order valence-electron chi connectivity index (χ2n) is 6.24. The van der Waals surface area contributed by atoms with E-state index in [9.17, 15) is 8.42 Å². The Labute approximate surface area is 130 Å². The van der Waals surface area contributed by atoms with Crippen molar-refractivity contribution in [1.29, 1.82) is 0 Å². The SMILES string of the molecule is CS(=O)(=O)NC[C@H]1CCC2(CN(Cc3cccs3)C2)OC1. The van der Waals surface area contributed by atoms with E-state index in [1.165, 1.54) is 11.1 Å². The Bertz CT molecular complexity index is 555. The van der Waals surface area contributed by atoms with Gasteiger partial charge in [0.25, 0.3) is 0 Å². The minimum atomic E-state index is -3.09. The standard InChI is InChI=1S/C14H22N2O3S2/c1-21(17,18)15-7-12-4-5-14(19-9-12)10-16(11-14)8-13-3-2-6-20-13/h2-3,6,12,15H,4-5,7-11H2,1H3/t12-/m1/s1. The van der Waals surface area contributed by atoms with Crippen LogP contribution in [-0.4, -0.2) is 51.4 Å². The van der Waals surface area contributed by atoms with E-state index >= 15 is 0 Å². The molecule has 0 bridgehead atoms. The van der Waals surface area contributed by atoms with E-state index in [2.05, 4.69) is 27.1 Å². The Hall–Kier alpha value is -0.470. The molecule has 2 aliphatic rings. The van der Waals surface area contributed by atoms with Gasteiger partial charge >= 0.3 is 0 Å².